The van der Waals surface area contributed by atoms with Gasteiger partial charge < -0.3 is 15.2 Å². The second kappa shape index (κ2) is 6.57. The van der Waals surface area contributed by atoms with Crippen LogP contribution in [0.25, 0.3) is 0 Å². The molecule has 0 bridgehead atoms. The van der Waals surface area contributed by atoms with Crippen LogP contribution in [-0.4, -0.2) is 29.9 Å². The number of hydrogen-bond acceptors (Lipinski definition) is 3. The molecule has 0 radical (unpaired) electrons. The van der Waals surface area contributed by atoms with Gasteiger partial charge in [0.1, 0.15) is 12.7 Å². The Bertz CT molecular complexity index is 487. The summed E-state index contributed by atoms with van der Waals surface area (Å²) < 4.78 is 69.7. The van der Waals surface area contributed by atoms with Crippen molar-refractivity contribution in [1.29, 1.82) is 0 Å². The van der Waals surface area contributed by atoms with Gasteiger partial charge in [0.15, 0.2) is 5.75 Å². The third-order valence-electron chi connectivity index (χ3n) is 2.46. The van der Waals surface area contributed by atoms with E-state index in [1.807, 2.05) is 20.8 Å². The molecule has 0 aromatic heterocycles. The van der Waals surface area contributed by atoms with E-state index >= 15 is 0 Å². The Hall–Kier alpha value is -1.41. The highest BCUT2D eigenvalue weighted by Crippen LogP contribution is 2.29. The molecule has 0 aliphatic heterocycles. The molecule has 3 nitrogen and oxygen atoms in total. The first kappa shape index (κ1) is 17.6. The van der Waals surface area contributed by atoms with Crippen LogP contribution in [0.15, 0.2) is 0 Å². The molecule has 8 heteroatoms. The van der Waals surface area contributed by atoms with E-state index < -0.39 is 47.5 Å². The molecule has 0 fully saturated rings. The summed E-state index contributed by atoms with van der Waals surface area (Å²) in [6.07, 6.45) is -1.18. The lowest BCUT2D eigenvalue weighted by Crippen LogP contribution is -2.42. The molecule has 0 saturated heterocycles. The quantitative estimate of drug-likeness (QED) is 0.499. The molecular weight excluding hydrogens is 297 g/mol. The number of aliphatic hydroxyl groups is 1. The fourth-order valence-electron chi connectivity index (χ4n) is 1.37. The van der Waals surface area contributed by atoms with E-state index in [9.17, 15) is 27.1 Å². The van der Waals surface area contributed by atoms with Crippen molar-refractivity contribution in [1.82, 2.24) is 5.32 Å². The Morgan fingerprint density at radius 3 is 1.81 bits per heavy atom. The first-order chi connectivity index (χ1) is 9.54. The summed E-state index contributed by atoms with van der Waals surface area (Å²) in [6.45, 7) is 4.88. The first-order valence-electron chi connectivity index (χ1n) is 6.12. The lowest BCUT2D eigenvalue weighted by atomic mass is 10.1. The maximum Gasteiger partial charge on any atom is 0.206 e. The van der Waals surface area contributed by atoms with E-state index in [0.29, 0.717) is 0 Å². The summed E-state index contributed by atoms with van der Waals surface area (Å²) >= 11 is 0. The Kier molecular flexibility index (Phi) is 5.52. The van der Waals surface area contributed by atoms with E-state index in [0.717, 1.165) is 0 Å². The summed E-state index contributed by atoms with van der Waals surface area (Å²) in [5, 5.41) is 12.4. The van der Waals surface area contributed by atoms with Gasteiger partial charge in [-0.15, -0.1) is 0 Å². The normalized spacial score (nSPS) is 13.4. The molecule has 0 saturated carbocycles. The van der Waals surface area contributed by atoms with Crippen LogP contribution in [0.4, 0.5) is 22.0 Å². The topological polar surface area (TPSA) is 41.5 Å². The van der Waals surface area contributed by atoms with Gasteiger partial charge in [0.2, 0.25) is 29.1 Å². The molecule has 0 amide bonds. The van der Waals surface area contributed by atoms with Gasteiger partial charge in [-0.05, 0) is 20.8 Å². The standard InChI is InChI=1S/C13H16F5NO2/c1-13(2,3)19-4-6(20)5-21-12-10(17)8(15)7(14)9(16)11(12)18/h6,19-20H,4-5H2,1-3H3. The molecule has 0 aliphatic rings. The molecule has 0 spiro atoms. The third kappa shape index (κ3) is 4.53. The zero-order valence-electron chi connectivity index (χ0n) is 11.7. The van der Waals surface area contributed by atoms with Crippen molar-refractivity contribution in [2.45, 2.75) is 32.4 Å². The average molecular weight is 313 g/mol. The summed E-state index contributed by atoms with van der Waals surface area (Å²) in [5.74, 6) is -12.0. The van der Waals surface area contributed by atoms with Crippen molar-refractivity contribution in [2.24, 2.45) is 0 Å². The number of benzene rings is 1. The maximum absolute atomic E-state index is 13.3. The molecule has 1 unspecified atom stereocenters. The van der Waals surface area contributed by atoms with Crippen LogP contribution >= 0.6 is 0 Å². The number of β-amino-alcohol motifs (C(OH)–C–C–N with tert-alkyl or cyclic N) is 1. The second-order valence-electron chi connectivity index (χ2n) is 5.49. The average Bonchev–Trinajstić information content (AvgIpc) is 2.40. The second-order valence-corrected chi connectivity index (χ2v) is 5.49. The molecule has 1 aromatic carbocycles. The molecule has 120 valence electrons. The SMILES string of the molecule is CC(C)(C)NCC(O)COc1c(F)c(F)c(F)c(F)c1F. The van der Waals surface area contributed by atoms with E-state index in [1.54, 1.807) is 0 Å². The summed E-state index contributed by atoms with van der Waals surface area (Å²) in [7, 11) is 0. The van der Waals surface area contributed by atoms with E-state index in [-0.39, 0.29) is 12.1 Å². The van der Waals surface area contributed by atoms with Gasteiger partial charge in [0.05, 0.1) is 0 Å². The van der Waals surface area contributed by atoms with Crippen molar-refractivity contribution in [3.8, 4) is 5.75 Å². The molecule has 1 atom stereocenters. The fourth-order valence-corrected chi connectivity index (χ4v) is 1.37. The molecule has 2 N–H and O–H groups in total. The minimum Gasteiger partial charge on any atom is -0.485 e. The maximum atomic E-state index is 13.3. The Labute approximate surface area is 118 Å². The Morgan fingerprint density at radius 2 is 1.38 bits per heavy atom. The fraction of sp³-hybridized carbons (Fsp3) is 0.538. The van der Waals surface area contributed by atoms with Crippen LogP contribution in [0.1, 0.15) is 20.8 Å². The predicted octanol–water partition coefficient (Wildman–Crippen LogP) is 2.51. The lowest BCUT2D eigenvalue weighted by Gasteiger charge is -2.23. The van der Waals surface area contributed by atoms with Gasteiger partial charge in [-0.1, -0.05) is 0 Å². The van der Waals surface area contributed by atoms with Crippen molar-refractivity contribution in [3.05, 3.63) is 29.1 Å². The molecule has 1 rings (SSSR count). The number of halogens is 5. The van der Waals surface area contributed by atoms with Crippen molar-refractivity contribution < 1.29 is 31.8 Å². The molecule has 1 aromatic rings. The van der Waals surface area contributed by atoms with Gasteiger partial charge in [-0.3, -0.25) is 0 Å². The zero-order chi connectivity index (χ0) is 16.4. The monoisotopic (exact) mass is 313 g/mol. The van der Waals surface area contributed by atoms with Gasteiger partial charge in [-0.2, -0.15) is 8.78 Å². The highest BCUT2D eigenvalue weighted by atomic mass is 19.2. The van der Waals surface area contributed by atoms with Crippen LogP contribution in [0, 0.1) is 29.1 Å². The van der Waals surface area contributed by atoms with Crippen LogP contribution in [0.3, 0.4) is 0 Å². The van der Waals surface area contributed by atoms with Crippen LogP contribution in [0.5, 0.6) is 5.75 Å². The number of aliphatic hydroxyl groups excluding tert-OH is 1. The van der Waals surface area contributed by atoms with Gasteiger partial charge in [0, 0.05) is 12.1 Å². The highest BCUT2D eigenvalue weighted by Gasteiger charge is 2.27. The van der Waals surface area contributed by atoms with Crippen LogP contribution < -0.4 is 10.1 Å². The van der Waals surface area contributed by atoms with E-state index in [1.165, 1.54) is 0 Å². The molecule has 0 heterocycles. The van der Waals surface area contributed by atoms with Gasteiger partial charge >= 0.3 is 0 Å². The van der Waals surface area contributed by atoms with Crippen molar-refractivity contribution in [3.63, 3.8) is 0 Å². The predicted molar refractivity (Wildman–Crippen MR) is 65.5 cm³/mol. The Balaban J connectivity index is 2.76. The molecular formula is C13H16F5NO2. The molecule has 0 aliphatic carbocycles. The first-order valence-corrected chi connectivity index (χ1v) is 6.12. The van der Waals surface area contributed by atoms with Gasteiger partial charge in [-0.25, -0.2) is 13.2 Å². The van der Waals surface area contributed by atoms with Gasteiger partial charge in [0.25, 0.3) is 0 Å². The van der Waals surface area contributed by atoms with E-state index in [4.69, 9.17) is 0 Å². The van der Waals surface area contributed by atoms with Crippen molar-refractivity contribution >= 4 is 0 Å². The molecule has 21 heavy (non-hydrogen) atoms. The largest absolute Gasteiger partial charge is 0.485 e. The minimum atomic E-state index is -2.26. The lowest BCUT2D eigenvalue weighted by molar-refractivity contribution is 0.0941. The summed E-state index contributed by atoms with van der Waals surface area (Å²) in [6, 6.07) is 0. The smallest absolute Gasteiger partial charge is 0.206 e. The van der Waals surface area contributed by atoms with E-state index in [2.05, 4.69) is 10.1 Å². The Morgan fingerprint density at radius 1 is 0.952 bits per heavy atom. The summed E-state index contributed by atoms with van der Waals surface area (Å²) in [5.41, 5.74) is -0.314. The number of hydrogen-bond donors (Lipinski definition) is 2. The number of rotatable bonds is 5. The minimum absolute atomic E-state index is 0.0267. The zero-order valence-corrected chi connectivity index (χ0v) is 11.7. The number of ether oxygens (including phenoxy) is 1. The summed E-state index contributed by atoms with van der Waals surface area (Å²) in [4.78, 5) is 0. The van der Waals surface area contributed by atoms with Crippen LogP contribution in [-0.2, 0) is 0 Å². The van der Waals surface area contributed by atoms with Crippen LogP contribution in [0.2, 0.25) is 0 Å². The number of nitrogens with one attached hydrogen (secondary N) is 1. The third-order valence-corrected chi connectivity index (χ3v) is 2.46. The highest BCUT2D eigenvalue weighted by molar-refractivity contribution is 5.29. The van der Waals surface area contributed by atoms with Crippen molar-refractivity contribution in [2.75, 3.05) is 13.2 Å².